The predicted molar refractivity (Wildman–Crippen MR) is 102 cm³/mol. The van der Waals surface area contributed by atoms with Gasteiger partial charge in [-0.3, -0.25) is 4.68 Å². The van der Waals surface area contributed by atoms with Crippen molar-refractivity contribution in [3.8, 4) is 6.07 Å². The van der Waals surface area contributed by atoms with Crippen LogP contribution in [-0.4, -0.2) is 27.9 Å². The van der Waals surface area contributed by atoms with Crippen LogP contribution in [0.1, 0.15) is 29.0 Å². The minimum atomic E-state index is 0.457. The Morgan fingerprint density at radius 3 is 2.88 bits per heavy atom. The Bertz CT molecular complexity index is 1000. The van der Waals surface area contributed by atoms with E-state index < -0.39 is 0 Å². The number of nitrogens with zero attached hydrogens (tertiary/aromatic N) is 5. The fourth-order valence-corrected chi connectivity index (χ4v) is 4.22. The largest absolute Gasteiger partial charge is 0.356 e. The number of fused-ring (bicyclic) bond motifs is 1. The highest BCUT2D eigenvalue weighted by Crippen LogP contribution is 2.33. The van der Waals surface area contributed by atoms with E-state index in [2.05, 4.69) is 38.2 Å². The van der Waals surface area contributed by atoms with Crippen molar-refractivity contribution in [3.63, 3.8) is 0 Å². The van der Waals surface area contributed by atoms with Crippen LogP contribution in [0, 0.1) is 18.3 Å². The van der Waals surface area contributed by atoms with Gasteiger partial charge in [-0.25, -0.2) is 4.98 Å². The molecule has 0 amide bonds. The topological polar surface area (TPSA) is 57.7 Å². The van der Waals surface area contributed by atoms with Gasteiger partial charge >= 0.3 is 0 Å². The van der Waals surface area contributed by atoms with E-state index in [-0.39, 0.29) is 0 Å². The molecule has 3 aromatic rings. The molecular weight excluding hydrogens is 378 g/mol. The monoisotopic (exact) mass is 395 g/mol. The zero-order chi connectivity index (χ0) is 17.6. The van der Waals surface area contributed by atoms with Crippen molar-refractivity contribution in [2.75, 3.05) is 18.0 Å². The lowest BCUT2D eigenvalue weighted by atomic mass is 10.0. The molecule has 0 N–H and O–H groups in total. The zero-order valence-corrected chi connectivity index (χ0v) is 15.8. The minimum Gasteiger partial charge on any atom is -0.356 e. The number of pyridine rings is 1. The predicted octanol–water partition coefficient (Wildman–Crippen LogP) is 3.90. The van der Waals surface area contributed by atoms with Crippen molar-refractivity contribution >= 4 is 32.7 Å². The van der Waals surface area contributed by atoms with Gasteiger partial charge in [-0.15, -0.1) is 0 Å². The van der Waals surface area contributed by atoms with Crippen molar-refractivity contribution in [2.45, 2.75) is 19.3 Å². The van der Waals surface area contributed by atoms with Gasteiger partial charge in [-0.2, -0.15) is 10.4 Å². The van der Waals surface area contributed by atoms with Crippen LogP contribution < -0.4 is 4.90 Å². The molecule has 1 atom stereocenters. The van der Waals surface area contributed by atoms with Crippen LogP contribution in [0.2, 0.25) is 0 Å². The third-order valence-electron chi connectivity index (χ3n) is 4.83. The van der Waals surface area contributed by atoms with Crippen LogP contribution >= 0.6 is 15.9 Å². The molecule has 0 saturated carbocycles. The molecule has 0 spiro atoms. The molecule has 1 saturated heterocycles. The summed E-state index contributed by atoms with van der Waals surface area (Å²) in [7, 11) is 1.94. The second kappa shape index (κ2) is 6.16. The number of hydrogen-bond donors (Lipinski definition) is 0. The van der Waals surface area contributed by atoms with E-state index in [0.29, 0.717) is 11.5 Å². The number of hydrogen-bond acceptors (Lipinski definition) is 4. The van der Waals surface area contributed by atoms with Gasteiger partial charge in [-0.1, -0.05) is 0 Å². The quantitative estimate of drug-likeness (QED) is 0.659. The van der Waals surface area contributed by atoms with Gasteiger partial charge < -0.3 is 4.90 Å². The molecule has 1 aliphatic heterocycles. The lowest BCUT2D eigenvalue weighted by Gasteiger charge is -2.19. The van der Waals surface area contributed by atoms with Crippen molar-refractivity contribution in [3.05, 3.63) is 51.8 Å². The number of aromatic nitrogens is 3. The number of anilines is 1. The van der Waals surface area contributed by atoms with Gasteiger partial charge in [0, 0.05) is 42.1 Å². The number of halogens is 1. The van der Waals surface area contributed by atoms with Crippen LogP contribution in [-0.2, 0) is 7.05 Å². The maximum atomic E-state index is 9.59. The summed E-state index contributed by atoms with van der Waals surface area (Å²) in [5.74, 6) is 1.33. The molecule has 0 bridgehead atoms. The van der Waals surface area contributed by atoms with Crippen LogP contribution in [0.4, 0.5) is 5.82 Å². The third kappa shape index (κ3) is 2.89. The summed E-state index contributed by atoms with van der Waals surface area (Å²) in [5.41, 5.74) is 3.91. The van der Waals surface area contributed by atoms with Crippen molar-refractivity contribution in [1.82, 2.24) is 14.8 Å². The molecule has 0 radical (unpaired) electrons. The van der Waals surface area contributed by atoms with Gasteiger partial charge in [0.15, 0.2) is 0 Å². The zero-order valence-electron chi connectivity index (χ0n) is 14.2. The Labute approximate surface area is 155 Å². The average molecular weight is 396 g/mol. The van der Waals surface area contributed by atoms with Crippen LogP contribution in [0.5, 0.6) is 0 Å². The summed E-state index contributed by atoms with van der Waals surface area (Å²) >= 11 is 3.60. The van der Waals surface area contributed by atoms with Crippen LogP contribution in [0.15, 0.2) is 35.1 Å². The Balaban J connectivity index is 1.71. The van der Waals surface area contributed by atoms with E-state index >= 15 is 0 Å². The molecule has 126 valence electrons. The molecule has 1 aromatic carbocycles. The molecule has 1 aliphatic rings. The van der Waals surface area contributed by atoms with E-state index in [0.717, 1.165) is 46.3 Å². The highest BCUT2D eigenvalue weighted by atomic mass is 79.9. The number of aryl methyl sites for hydroxylation is 2. The third-order valence-corrected chi connectivity index (χ3v) is 5.43. The van der Waals surface area contributed by atoms with Crippen LogP contribution in [0.3, 0.4) is 0 Å². The number of rotatable bonds is 2. The number of benzene rings is 1. The normalized spacial score (nSPS) is 17.2. The number of nitriles is 1. The van der Waals surface area contributed by atoms with E-state index in [9.17, 15) is 5.26 Å². The molecule has 6 heteroatoms. The lowest BCUT2D eigenvalue weighted by Crippen LogP contribution is -2.20. The van der Waals surface area contributed by atoms with Crippen molar-refractivity contribution in [1.29, 1.82) is 5.26 Å². The Kier molecular flexibility index (Phi) is 3.97. The molecule has 2 aromatic heterocycles. The first kappa shape index (κ1) is 16.1. The van der Waals surface area contributed by atoms with Crippen LogP contribution in [0.25, 0.3) is 10.9 Å². The fourth-order valence-electron chi connectivity index (χ4n) is 3.55. The average Bonchev–Trinajstić information content (AvgIpc) is 3.23. The van der Waals surface area contributed by atoms with Crippen molar-refractivity contribution in [2.24, 2.45) is 7.05 Å². The summed E-state index contributed by atoms with van der Waals surface area (Å²) in [6.45, 7) is 3.86. The first-order valence-electron chi connectivity index (χ1n) is 8.29. The van der Waals surface area contributed by atoms with Gasteiger partial charge in [0.2, 0.25) is 0 Å². The first-order chi connectivity index (χ1) is 12.0. The van der Waals surface area contributed by atoms with Gasteiger partial charge in [0.05, 0.1) is 23.3 Å². The van der Waals surface area contributed by atoms with E-state index in [1.165, 1.54) is 5.56 Å². The molecular formula is C19H18BrN5. The minimum absolute atomic E-state index is 0.457. The maximum Gasteiger partial charge on any atom is 0.130 e. The van der Waals surface area contributed by atoms with Gasteiger partial charge in [0.25, 0.3) is 0 Å². The van der Waals surface area contributed by atoms with Gasteiger partial charge in [0.1, 0.15) is 5.82 Å². The Morgan fingerprint density at radius 2 is 2.16 bits per heavy atom. The molecule has 1 unspecified atom stereocenters. The Hall–Kier alpha value is -2.39. The van der Waals surface area contributed by atoms with E-state index in [4.69, 9.17) is 4.98 Å². The summed E-state index contributed by atoms with van der Waals surface area (Å²) in [6.07, 6.45) is 5.10. The molecule has 25 heavy (non-hydrogen) atoms. The first-order valence-corrected chi connectivity index (χ1v) is 9.09. The SMILES string of the molecule is Cc1cc(Br)c2nc(N3CCC(c4cnn(C)c4)C3)cc(C#N)c2c1. The molecule has 5 nitrogen and oxygen atoms in total. The van der Waals surface area contributed by atoms with E-state index in [1.807, 2.05) is 43.0 Å². The highest BCUT2D eigenvalue weighted by molar-refractivity contribution is 9.10. The van der Waals surface area contributed by atoms with Crippen molar-refractivity contribution < 1.29 is 0 Å². The summed E-state index contributed by atoms with van der Waals surface area (Å²) in [6, 6.07) is 8.32. The molecule has 4 rings (SSSR count). The lowest BCUT2D eigenvalue weighted by molar-refractivity contribution is 0.754. The summed E-state index contributed by atoms with van der Waals surface area (Å²) in [5, 5.41) is 14.8. The van der Waals surface area contributed by atoms with E-state index in [1.54, 1.807) is 0 Å². The summed E-state index contributed by atoms with van der Waals surface area (Å²) in [4.78, 5) is 7.12. The fraction of sp³-hybridized carbons (Fsp3) is 0.316. The molecule has 3 heterocycles. The maximum absolute atomic E-state index is 9.59. The molecule has 1 fully saturated rings. The second-order valence-electron chi connectivity index (χ2n) is 6.66. The highest BCUT2D eigenvalue weighted by Gasteiger charge is 2.26. The molecule has 0 aliphatic carbocycles. The Morgan fingerprint density at radius 1 is 1.32 bits per heavy atom. The standard InChI is InChI=1S/C19H18BrN5/c1-12-5-16-14(8-21)7-18(23-19(16)17(20)6-12)25-4-3-13(11-25)15-9-22-24(2)10-15/h5-7,9-10,13H,3-4,11H2,1-2H3. The second-order valence-corrected chi connectivity index (χ2v) is 7.52. The summed E-state index contributed by atoms with van der Waals surface area (Å²) < 4.78 is 2.78. The van der Waals surface area contributed by atoms with Gasteiger partial charge in [-0.05, 0) is 58.6 Å². The smallest absolute Gasteiger partial charge is 0.130 e.